The number of nitrogens with zero attached hydrogens (tertiary/aromatic N) is 6. The second kappa shape index (κ2) is 11.2. The molecule has 0 radical (unpaired) electrons. The summed E-state index contributed by atoms with van der Waals surface area (Å²) in [5, 5.41) is 7.64. The number of amides is 3. The van der Waals surface area contributed by atoms with Crippen molar-refractivity contribution in [3.8, 4) is 0 Å². The minimum Gasteiger partial charge on any atom is -0.344 e. The Hall–Kier alpha value is -3.30. The zero-order chi connectivity index (χ0) is 24.8. The zero-order valence-corrected chi connectivity index (χ0v) is 20.7. The van der Waals surface area contributed by atoms with Gasteiger partial charge < -0.3 is 15.1 Å². The summed E-state index contributed by atoms with van der Waals surface area (Å²) in [5.74, 6) is 1.07. The molecule has 1 N–H and O–H groups in total. The molecule has 10 nitrogen and oxygen atoms in total. The maximum Gasteiger partial charge on any atom is 0.255 e. The van der Waals surface area contributed by atoms with Crippen LogP contribution in [0.2, 0.25) is 0 Å². The van der Waals surface area contributed by atoms with E-state index in [1.54, 1.807) is 48.1 Å². The molecule has 0 aromatic carbocycles. The van der Waals surface area contributed by atoms with E-state index < -0.39 is 6.04 Å². The SMILES string of the molecule is Cc1nc2n(n1)CCN(C(=O)c1cccnc1)CCCC(=O)N(C)[C@@H](C)C(=O)N[C@@H]2CC(C)C. The molecule has 0 bridgehead atoms. The summed E-state index contributed by atoms with van der Waals surface area (Å²) in [7, 11) is 1.64. The van der Waals surface area contributed by atoms with Crippen LogP contribution in [0.1, 0.15) is 68.1 Å². The highest BCUT2D eigenvalue weighted by Crippen LogP contribution is 2.21. The van der Waals surface area contributed by atoms with Crippen molar-refractivity contribution in [2.45, 2.75) is 65.6 Å². The van der Waals surface area contributed by atoms with Gasteiger partial charge in [-0.3, -0.25) is 19.4 Å². The second-order valence-corrected chi connectivity index (χ2v) is 9.25. The van der Waals surface area contributed by atoms with E-state index in [0.29, 0.717) is 55.6 Å². The summed E-state index contributed by atoms with van der Waals surface area (Å²) >= 11 is 0. The van der Waals surface area contributed by atoms with Gasteiger partial charge in [-0.2, -0.15) is 5.10 Å². The third-order valence-electron chi connectivity index (χ3n) is 6.09. The summed E-state index contributed by atoms with van der Waals surface area (Å²) in [4.78, 5) is 50.9. The minimum absolute atomic E-state index is 0.132. The number of aryl methyl sites for hydroxylation is 1. The van der Waals surface area contributed by atoms with Gasteiger partial charge in [0.15, 0.2) is 0 Å². The fourth-order valence-corrected chi connectivity index (χ4v) is 4.08. The fourth-order valence-electron chi connectivity index (χ4n) is 4.08. The number of fused-ring (bicyclic) bond motifs is 1. The Kier molecular flexibility index (Phi) is 8.36. The highest BCUT2D eigenvalue weighted by atomic mass is 16.2. The maximum absolute atomic E-state index is 13.2. The molecular weight excluding hydrogens is 434 g/mol. The molecule has 0 spiro atoms. The average molecular weight is 470 g/mol. The predicted octanol–water partition coefficient (Wildman–Crippen LogP) is 1.97. The summed E-state index contributed by atoms with van der Waals surface area (Å²) < 4.78 is 1.79. The molecule has 3 amide bonds. The highest BCUT2D eigenvalue weighted by Gasteiger charge is 2.29. The lowest BCUT2D eigenvalue weighted by molar-refractivity contribution is -0.138. The van der Waals surface area contributed by atoms with Crippen molar-refractivity contribution in [2.24, 2.45) is 5.92 Å². The fraction of sp³-hybridized carbons (Fsp3) is 0.583. The molecule has 2 aromatic heterocycles. The summed E-state index contributed by atoms with van der Waals surface area (Å²) in [5.41, 5.74) is 0.501. The Balaban J connectivity index is 1.95. The molecule has 3 rings (SSSR count). The van der Waals surface area contributed by atoms with Gasteiger partial charge in [0.2, 0.25) is 11.8 Å². The second-order valence-electron chi connectivity index (χ2n) is 9.25. The molecule has 2 atom stereocenters. The van der Waals surface area contributed by atoms with Crippen molar-refractivity contribution in [1.29, 1.82) is 0 Å². The van der Waals surface area contributed by atoms with E-state index >= 15 is 0 Å². The molecule has 1 aliphatic heterocycles. The quantitative estimate of drug-likeness (QED) is 0.735. The molecule has 2 aromatic rings. The van der Waals surface area contributed by atoms with Crippen LogP contribution in [0, 0.1) is 12.8 Å². The van der Waals surface area contributed by atoms with Gasteiger partial charge >= 0.3 is 0 Å². The lowest BCUT2D eigenvalue weighted by Gasteiger charge is -2.29. The summed E-state index contributed by atoms with van der Waals surface area (Å²) in [6.45, 7) is 8.93. The summed E-state index contributed by atoms with van der Waals surface area (Å²) in [6.07, 6.45) is 4.58. The largest absolute Gasteiger partial charge is 0.344 e. The minimum atomic E-state index is -0.629. The van der Waals surface area contributed by atoms with Crippen molar-refractivity contribution in [3.05, 3.63) is 41.7 Å². The molecular formula is C24H35N7O3. The van der Waals surface area contributed by atoms with E-state index in [1.165, 1.54) is 4.90 Å². The third kappa shape index (κ3) is 6.18. The van der Waals surface area contributed by atoms with Crippen molar-refractivity contribution in [1.82, 2.24) is 34.9 Å². The Morgan fingerprint density at radius 3 is 2.68 bits per heavy atom. The van der Waals surface area contributed by atoms with Gasteiger partial charge in [-0.25, -0.2) is 9.67 Å². The molecule has 10 heteroatoms. The van der Waals surface area contributed by atoms with Crippen molar-refractivity contribution < 1.29 is 14.4 Å². The van der Waals surface area contributed by atoms with E-state index in [4.69, 9.17) is 0 Å². The van der Waals surface area contributed by atoms with Crippen LogP contribution in [0.3, 0.4) is 0 Å². The first kappa shape index (κ1) is 25.3. The monoisotopic (exact) mass is 469 g/mol. The summed E-state index contributed by atoms with van der Waals surface area (Å²) in [6, 6.07) is 2.48. The molecule has 3 heterocycles. The van der Waals surface area contributed by atoms with Crippen LogP contribution in [-0.4, -0.2) is 73.4 Å². The van der Waals surface area contributed by atoms with Crippen LogP contribution in [0.25, 0.3) is 0 Å². The maximum atomic E-state index is 13.2. The molecule has 0 unspecified atom stereocenters. The number of hydrogen-bond acceptors (Lipinski definition) is 6. The molecule has 184 valence electrons. The van der Waals surface area contributed by atoms with Gasteiger partial charge in [0.05, 0.1) is 18.2 Å². The first-order valence-corrected chi connectivity index (χ1v) is 11.8. The first-order chi connectivity index (χ1) is 16.2. The van der Waals surface area contributed by atoms with E-state index in [-0.39, 0.29) is 30.2 Å². The van der Waals surface area contributed by atoms with Crippen LogP contribution in [0.4, 0.5) is 0 Å². The lowest BCUT2D eigenvalue weighted by Crippen LogP contribution is -2.47. The van der Waals surface area contributed by atoms with Gasteiger partial charge in [-0.15, -0.1) is 0 Å². The molecule has 1 aliphatic rings. The number of carbonyl (C=O) groups is 3. The van der Waals surface area contributed by atoms with Gasteiger partial charge in [0.1, 0.15) is 17.7 Å². The average Bonchev–Trinajstić information content (AvgIpc) is 3.19. The van der Waals surface area contributed by atoms with Crippen molar-refractivity contribution >= 4 is 17.7 Å². The molecule has 34 heavy (non-hydrogen) atoms. The predicted molar refractivity (Wildman–Crippen MR) is 127 cm³/mol. The van der Waals surface area contributed by atoms with E-state index in [1.807, 2.05) is 6.92 Å². The first-order valence-electron chi connectivity index (χ1n) is 11.8. The molecule has 0 fully saturated rings. The van der Waals surface area contributed by atoms with Crippen LogP contribution < -0.4 is 5.32 Å². The molecule has 0 saturated carbocycles. The number of carbonyl (C=O) groups excluding carboxylic acids is 3. The van der Waals surface area contributed by atoms with Crippen LogP contribution in [-0.2, 0) is 16.1 Å². The number of hydrogen-bond donors (Lipinski definition) is 1. The van der Waals surface area contributed by atoms with Gasteiger partial charge in [0, 0.05) is 39.0 Å². The number of nitrogens with one attached hydrogen (secondary N) is 1. The van der Waals surface area contributed by atoms with Gasteiger partial charge in [-0.1, -0.05) is 13.8 Å². The Bertz CT molecular complexity index is 1010. The van der Waals surface area contributed by atoms with Crippen molar-refractivity contribution in [3.63, 3.8) is 0 Å². The molecule has 0 saturated heterocycles. The Morgan fingerprint density at radius 2 is 2.00 bits per heavy atom. The zero-order valence-electron chi connectivity index (χ0n) is 20.7. The van der Waals surface area contributed by atoms with Crippen LogP contribution in [0.5, 0.6) is 0 Å². The number of likely N-dealkylation sites (N-methyl/N-ethyl adjacent to an activating group) is 1. The van der Waals surface area contributed by atoms with E-state index in [2.05, 4.69) is 34.2 Å². The van der Waals surface area contributed by atoms with Crippen LogP contribution in [0.15, 0.2) is 24.5 Å². The number of rotatable bonds is 3. The number of pyridine rings is 1. The van der Waals surface area contributed by atoms with E-state index in [0.717, 1.165) is 0 Å². The smallest absolute Gasteiger partial charge is 0.255 e. The highest BCUT2D eigenvalue weighted by molar-refractivity contribution is 5.94. The third-order valence-corrected chi connectivity index (χ3v) is 6.09. The normalized spacial score (nSPS) is 20.6. The standard InChI is InChI=1S/C24H35N7O3/c1-16(2)14-20-22-26-18(4)28-31(22)13-12-30(24(34)19-8-6-10-25-15-19)11-7-9-21(32)29(5)17(3)23(33)27-20/h6,8,10,15-17,20H,7,9,11-14H2,1-5H3,(H,27,33)/t17-,20+/m0/s1. The van der Waals surface area contributed by atoms with Gasteiger partial charge in [-0.05, 0) is 44.7 Å². The Labute approximate surface area is 200 Å². The number of aromatic nitrogens is 4. The van der Waals surface area contributed by atoms with Crippen LogP contribution >= 0.6 is 0 Å². The van der Waals surface area contributed by atoms with Crippen molar-refractivity contribution in [2.75, 3.05) is 20.1 Å². The Morgan fingerprint density at radius 1 is 1.24 bits per heavy atom. The molecule has 0 aliphatic carbocycles. The lowest BCUT2D eigenvalue weighted by atomic mass is 10.0. The topological polar surface area (TPSA) is 113 Å². The van der Waals surface area contributed by atoms with E-state index in [9.17, 15) is 14.4 Å². The van der Waals surface area contributed by atoms with Gasteiger partial charge in [0.25, 0.3) is 5.91 Å².